The van der Waals surface area contributed by atoms with Gasteiger partial charge in [-0.15, -0.1) is 0 Å². The summed E-state index contributed by atoms with van der Waals surface area (Å²) in [6.45, 7) is 2.50. The molecule has 0 aliphatic carbocycles. The topological polar surface area (TPSA) is 98.7 Å². The lowest BCUT2D eigenvalue weighted by Gasteiger charge is -2.15. The second-order valence-electron chi connectivity index (χ2n) is 2.54. The molecule has 0 rings (SSSR count). The number of nitrogens with one attached hydrogen (secondary N) is 2. The molecule has 0 spiro atoms. The molecule has 0 bridgehead atoms. The Balaban J connectivity index is 3.80. The highest BCUT2D eigenvalue weighted by Crippen LogP contribution is 2.39. The highest BCUT2D eigenvalue weighted by atomic mass is 31.2. The summed E-state index contributed by atoms with van der Waals surface area (Å²) in [5.41, 5.74) is 1.40. The maximum absolute atomic E-state index is 10.9. The predicted molar refractivity (Wildman–Crippen MR) is 43.1 cm³/mol. The van der Waals surface area contributed by atoms with Gasteiger partial charge in [-0.25, -0.2) is 5.48 Å². The Morgan fingerprint density at radius 1 is 1.67 bits per heavy atom. The van der Waals surface area contributed by atoms with Crippen molar-refractivity contribution in [2.75, 3.05) is 13.2 Å². The number of hydrogen-bond acceptors (Lipinski definition) is 4. The highest BCUT2D eigenvalue weighted by molar-refractivity contribution is 7.57. The first-order valence-electron chi connectivity index (χ1n) is 3.34. The van der Waals surface area contributed by atoms with E-state index in [0.717, 1.165) is 0 Å². The summed E-state index contributed by atoms with van der Waals surface area (Å²) in [6.07, 6.45) is 0. The highest BCUT2D eigenvalue weighted by Gasteiger charge is 2.20. The van der Waals surface area contributed by atoms with Gasteiger partial charge in [0.1, 0.15) is 0 Å². The molecule has 0 heterocycles. The normalized spacial score (nSPS) is 18.0. The molecule has 0 aromatic carbocycles. The number of carbonyl (C=O) groups is 1. The Hall–Kier alpha value is -0.420. The van der Waals surface area contributed by atoms with Crippen molar-refractivity contribution in [1.29, 1.82) is 0 Å². The van der Waals surface area contributed by atoms with Gasteiger partial charge in [0.15, 0.2) is 0 Å². The van der Waals surface area contributed by atoms with Gasteiger partial charge in [-0.2, -0.15) is 0 Å². The minimum absolute atomic E-state index is 0.184. The van der Waals surface area contributed by atoms with Crippen LogP contribution in [0.3, 0.4) is 0 Å². The molecule has 0 fully saturated rings. The lowest BCUT2D eigenvalue weighted by molar-refractivity contribution is -0.128. The summed E-state index contributed by atoms with van der Waals surface area (Å²) in [4.78, 5) is 19.4. The van der Waals surface area contributed by atoms with Crippen molar-refractivity contribution >= 4 is 13.3 Å². The van der Waals surface area contributed by atoms with E-state index >= 15 is 0 Å². The summed E-state index contributed by atoms with van der Waals surface area (Å²) in [6, 6.07) is 0. The van der Waals surface area contributed by atoms with Gasteiger partial charge in [0, 0.05) is 6.66 Å². The van der Waals surface area contributed by atoms with Gasteiger partial charge in [-0.3, -0.25) is 19.9 Å². The molecule has 0 aliphatic heterocycles. The van der Waals surface area contributed by atoms with Crippen molar-refractivity contribution < 1.29 is 19.5 Å². The average Bonchev–Trinajstić information content (AvgIpc) is 1.97. The molecule has 2 unspecified atom stereocenters. The monoisotopic (exact) mass is 196 g/mol. The molecule has 0 aromatic heterocycles. The molecule has 1 amide bonds. The fraction of sp³-hybridized carbons (Fsp3) is 0.800. The zero-order chi connectivity index (χ0) is 9.78. The Morgan fingerprint density at radius 3 is 2.50 bits per heavy atom. The summed E-state index contributed by atoms with van der Waals surface area (Å²) in [5, 5.41) is 10.6. The lowest BCUT2D eigenvalue weighted by atomic mass is 10.6. The van der Waals surface area contributed by atoms with Crippen LogP contribution < -0.4 is 10.8 Å². The van der Waals surface area contributed by atoms with E-state index in [0.29, 0.717) is 0 Å². The van der Waals surface area contributed by atoms with Crippen molar-refractivity contribution in [2.45, 2.75) is 12.7 Å². The largest absolute Gasteiger partial charge is 0.343 e. The van der Waals surface area contributed by atoms with Gasteiger partial charge in [-0.1, -0.05) is 0 Å². The van der Waals surface area contributed by atoms with Crippen LogP contribution in [0.4, 0.5) is 0 Å². The van der Waals surface area contributed by atoms with Crippen molar-refractivity contribution in [2.24, 2.45) is 0 Å². The molecular formula is C5H13N2O4P. The second-order valence-corrected chi connectivity index (χ2v) is 5.20. The van der Waals surface area contributed by atoms with Crippen LogP contribution in [0.15, 0.2) is 0 Å². The van der Waals surface area contributed by atoms with E-state index in [1.54, 1.807) is 0 Å². The fourth-order valence-corrected chi connectivity index (χ4v) is 0.879. The van der Waals surface area contributed by atoms with Gasteiger partial charge in [0.2, 0.25) is 7.37 Å². The van der Waals surface area contributed by atoms with Crippen LogP contribution in [-0.4, -0.2) is 35.0 Å². The molecule has 12 heavy (non-hydrogen) atoms. The molecule has 6 nitrogen and oxygen atoms in total. The smallest absolute Gasteiger partial charge is 0.257 e. The Bertz CT molecular complexity index is 202. The maximum atomic E-state index is 10.9. The first kappa shape index (κ1) is 11.6. The first-order valence-corrected chi connectivity index (χ1v) is 5.51. The van der Waals surface area contributed by atoms with E-state index in [1.165, 1.54) is 19.1 Å². The molecule has 2 atom stereocenters. The number of hydrogen-bond donors (Lipinski definition) is 4. The second kappa shape index (κ2) is 4.57. The van der Waals surface area contributed by atoms with Crippen molar-refractivity contribution in [1.82, 2.24) is 10.8 Å². The summed E-state index contributed by atoms with van der Waals surface area (Å²) < 4.78 is 10.9. The number of hydroxylamine groups is 1. The maximum Gasteiger partial charge on any atom is 0.257 e. The van der Waals surface area contributed by atoms with Crippen molar-refractivity contribution in [3.8, 4) is 0 Å². The molecule has 0 aromatic rings. The average molecular weight is 196 g/mol. The molecule has 0 saturated carbocycles. The SMILES string of the molecule is CC(NCC(=O)NO)P(C)(=O)O. The standard InChI is InChI=1S/C5H13N2O4P/c1-4(12(2,10)11)6-3-5(8)7-9/h4,6,9H,3H2,1-2H3,(H,7,8)(H,10,11). The van der Waals surface area contributed by atoms with Crippen LogP contribution in [0.2, 0.25) is 0 Å². The van der Waals surface area contributed by atoms with E-state index in [4.69, 9.17) is 10.1 Å². The molecular weight excluding hydrogens is 183 g/mol. The molecule has 0 aliphatic rings. The van der Waals surface area contributed by atoms with Gasteiger partial charge in [-0.05, 0) is 6.92 Å². The summed E-state index contributed by atoms with van der Waals surface area (Å²) in [5.74, 6) is -1.30. The van der Waals surface area contributed by atoms with Crippen molar-refractivity contribution in [3.63, 3.8) is 0 Å². The molecule has 7 heteroatoms. The zero-order valence-corrected chi connectivity index (χ0v) is 7.84. The third-order valence-corrected chi connectivity index (χ3v) is 3.02. The van der Waals surface area contributed by atoms with Crippen LogP contribution in [0.5, 0.6) is 0 Å². The third kappa shape index (κ3) is 4.46. The van der Waals surface area contributed by atoms with E-state index in [1.807, 2.05) is 0 Å². The molecule has 0 radical (unpaired) electrons. The summed E-state index contributed by atoms with van der Waals surface area (Å²) in [7, 11) is -3.20. The molecule has 0 saturated heterocycles. The van der Waals surface area contributed by atoms with Crippen LogP contribution in [0.1, 0.15) is 6.92 Å². The van der Waals surface area contributed by atoms with Crippen LogP contribution in [0.25, 0.3) is 0 Å². The Kier molecular flexibility index (Phi) is 4.41. The van der Waals surface area contributed by atoms with E-state index in [2.05, 4.69) is 5.32 Å². The van der Waals surface area contributed by atoms with Gasteiger partial charge < -0.3 is 4.89 Å². The lowest BCUT2D eigenvalue weighted by Crippen LogP contribution is -2.36. The molecule has 72 valence electrons. The van der Waals surface area contributed by atoms with Crippen LogP contribution >= 0.6 is 7.37 Å². The van der Waals surface area contributed by atoms with Gasteiger partial charge in [0.05, 0.1) is 12.3 Å². The fourth-order valence-electron chi connectivity index (χ4n) is 0.449. The van der Waals surface area contributed by atoms with Crippen LogP contribution in [-0.2, 0) is 9.36 Å². The van der Waals surface area contributed by atoms with E-state index in [-0.39, 0.29) is 6.54 Å². The van der Waals surface area contributed by atoms with Gasteiger partial charge >= 0.3 is 0 Å². The van der Waals surface area contributed by atoms with E-state index < -0.39 is 19.1 Å². The predicted octanol–water partition coefficient (Wildman–Crippen LogP) is -0.672. The molecule has 4 N–H and O–H groups in total. The Morgan fingerprint density at radius 2 is 2.17 bits per heavy atom. The number of amides is 1. The zero-order valence-electron chi connectivity index (χ0n) is 6.94. The van der Waals surface area contributed by atoms with Crippen molar-refractivity contribution in [3.05, 3.63) is 0 Å². The number of rotatable bonds is 4. The summed E-state index contributed by atoms with van der Waals surface area (Å²) >= 11 is 0. The van der Waals surface area contributed by atoms with Crippen LogP contribution in [0, 0.1) is 0 Å². The first-order chi connectivity index (χ1) is 5.38. The third-order valence-electron chi connectivity index (χ3n) is 1.40. The quantitative estimate of drug-likeness (QED) is 0.271. The van der Waals surface area contributed by atoms with Gasteiger partial charge in [0.25, 0.3) is 5.91 Å². The van der Waals surface area contributed by atoms with E-state index in [9.17, 15) is 9.36 Å². The minimum atomic E-state index is -3.20. The minimum Gasteiger partial charge on any atom is -0.343 e. The Labute approximate surface area is 70.4 Å². The number of carbonyl (C=O) groups excluding carboxylic acids is 1.